The number of ether oxygens (including phenoxy) is 2. The van der Waals surface area contributed by atoms with Gasteiger partial charge in [-0.3, -0.25) is 9.59 Å². The predicted octanol–water partition coefficient (Wildman–Crippen LogP) is 5.11. The minimum Gasteiger partial charge on any atom is -0.744 e. The van der Waals surface area contributed by atoms with Gasteiger partial charge in [0.1, 0.15) is 38.3 Å². The van der Waals surface area contributed by atoms with Crippen LogP contribution in [-0.2, 0) is 33.5 Å². The Balaban J connectivity index is 1.40. The van der Waals surface area contributed by atoms with E-state index in [1.165, 1.54) is 0 Å². The third kappa shape index (κ3) is 7.73. The number of ketones is 2. The number of hydrogen-bond donors (Lipinski definition) is 0. The molecule has 12 heteroatoms. The lowest BCUT2D eigenvalue weighted by Crippen LogP contribution is -2.10. The molecule has 234 valence electrons. The van der Waals surface area contributed by atoms with E-state index in [9.17, 15) is 35.5 Å². The molecule has 5 aromatic rings. The molecule has 0 aliphatic heterocycles. The van der Waals surface area contributed by atoms with Crippen molar-refractivity contribution in [2.24, 2.45) is 0 Å². The number of hydrogen-bond acceptors (Lipinski definition) is 10. The van der Waals surface area contributed by atoms with Crippen molar-refractivity contribution in [3.05, 3.63) is 155 Å². The van der Waals surface area contributed by atoms with Crippen LogP contribution in [0.2, 0.25) is 0 Å². The molecule has 0 aliphatic carbocycles. The molecule has 0 saturated heterocycles. The first kappa shape index (κ1) is 32.3. The smallest absolute Gasteiger partial charge is 0.193 e. The summed E-state index contributed by atoms with van der Waals surface area (Å²) in [6, 6.07) is 31.0. The zero-order chi connectivity index (χ0) is 32.9. The topological polar surface area (TPSA) is 167 Å². The zero-order valence-electron chi connectivity index (χ0n) is 23.9. The van der Waals surface area contributed by atoms with Gasteiger partial charge in [0.2, 0.25) is 0 Å². The lowest BCUT2D eigenvalue weighted by molar-refractivity contribution is 0.103. The summed E-state index contributed by atoms with van der Waals surface area (Å²) in [4.78, 5) is 23.3. The van der Waals surface area contributed by atoms with Gasteiger partial charge < -0.3 is 18.6 Å². The molecule has 0 aromatic heterocycles. The van der Waals surface area contributed by atoms with Crippen LogP contribution in [0.5, 0.6) is 11.5 Å². The molecule has 0 amide bonds. The van der Waals surface area contributed by atoms with Gasteiger partial charge >= 0.3 is 0 Å². The molecule has 5 rings (SSSR count). The van der Waals surface area contributed by atoms with Gasteiger partial charge in [-0.05, 0) is 17.2 Å². The molecule has 0 N–H and O–H groups in total. The summed E-state index contributed by atoms with van der Waals surface area (Å²) in [7, 11) is -10.6. The van der Waals surface area contributed by atoms with Crippen LogP contribution in [-0.4, -0.2) is 37.5 Å². The van der Waals surface area contributed by atoms with Gasteiger partial charge in [0, 0.05) is 28.3 Å². The summed E-state index contributed by atoms with van der Waals surface area (Å²) in [5.41, 5.74) is 2.75. The van der Waals surface area contributed by atoms with E-state index in [1.807, 2.05) is 0 Å². The van der Waals surface area contributed by atoms with E-state index < -0.39 is 41.5 Å². The minimum atomic E-state index is -5.36. The molecule has 5 aromatic carbocycles. The molecule has 0 heterocycles. The lowest BCUT2D eigenvalue weighted by Gasteiger charge is -2.21. The first-order chi connectivity index (χ1) is 21.9. The molecule has 0 fully saturated rings. The summed E-state index contributed by atoms with van der Waals surface area (Å²) in [6.45, 7) is -0.578. The van der Waals surface area contributed by atoms with Crippen LogP contribution in [0.1, 0.15) is 43.0 Å². The SMILES string of the molecule is O=C(c1ccccc1)c1ccc(COc2cc(S(=O)(=O)[O-])cc(S(=O)(=O)[O-])c2OCc2ccc(C(=O)c3ccccc3)cc2)cc1. The van der Waals surface area contributed by atoms with Gasteiger partial charge in [0.05, 0.1) is 4.90 Å². The highest BCUT2D eigenvalue weighted by Gasteiger charge is 2.22. The highest BCUT2D eigenvalue weighted by molar-refractivity contribution is 7.86. The van der Waals surface area contributed by atoms with Gasteiger partial charge in [-0.25, -0.2) is 16.8 Å². The lowest BCUT2D eigenvalue weighted by atomic mass is 10.0. The maximum atomic E-state index is 12.7. The Morgan fingerprint density at radius 1 is 0.522 bits per heavy atom. The average Bonchev–Trinajstić information content (AvgIpc) is 3.06. The summed E-state index contributed by atoms with van der Waals surface area (Å²) < 4.78 is 83.4. The monoisotopic (exact) mass is 656 g/mol. The van der Waals surface area contributed by atoms with Crippen molar-refractivity contribution in [3.63, 3.8) is 0 Å². The van der Waals surface area contributed by atoms with Crippen molar-refractivity contribution in [1.29, 1.82) is 0 Å². The Hall–Kier alpha value is -5.14. The Bertz CT molecular complexity index is 2090. The summed E-state index contributed by atoms with van der Waals surface area (Å²) in [5.74, 6) is -1.50. The molecule has 0 unspecified atom stereocenters. The Morgan fingerprint density at radius 3 is 1.35 bits per heavy atom. The fourth-order valence-corrected chi connectivity index (χ4v) is 5.71. The second-order valence-electron chi connectivity index (χ2n) is 10.0. The average molecular weight is 657 g/mol. The summed E-state index contributed by atoms with van der Waals surface area (Å²) in [6.07, 6.45) is 0. The van der Waals surface area contributed by atoms with E-state index in [0.717, 1.165) is 6.07 Å². The van der Waals surface area contributed by atoms with Crippen LogP contribution >= 0.6 is 0 Å². The first-order valence-corrected chi connectivity index (χ1v) is 16.4. The zero-order valence-corrected chi connectivity index (χ0v) is 25.5. The molecule has 0 spiro atoms. The maximum Gasteiger partial charge on any atom is 0.193 e. The molecular weight excluding hydrogens is 632 g/mol. The second kappa shape index (κ2) is 13.5. The number of benzene rings is 5. The maximum absolute atomic E-state index is 12.7. The van der Waals surface area contributed by atoms with Crippen molar-refractivity contribution in [3.8, 4) is 11.5 Å². The van der Waals surface area contributed by atoms with E-state index >= 15 is 0 Å². The van der Waals surface area contributed by atoms with Crippen molar-refractivity contribution >= 4 is 31.8 Å². The third-order valence-corrected chi connectivity index (χ3v) is 8.49. The van der Waals surface area contributed by atoms with Crippen LogP contribution in [0.15, 0.2) is 131 Å². The predicted molar refractivity (Wildman–Crippen MR) is 164 cm³/mol. The van der Waals surface area contributed by atoms with Crippen molar-refractivity contribution in [2.45, 2.75) is 23.0 Å². The highest BCUT2D eigenvalue weighted by atomic mass is 32.2. The minimum absolute atomic E-state index is 0.208. The quantitative estimate of drug-likeness (QED) is 0.130. The van der Waals surface area contributed by atoms with E-state index in [2.05, 4.69) is 0 Å². The Kier molecular flexibility index (Phi) is 9.44. The normalized spacial score (nSPS) is 11.5. The van der Waals surface area contributed by atoms with Crippen LogP contribution in [0.4, 0.5) is 0 Å². The summed E-state index contributed by atoms with van der Waals surface area (Å²) in [5, 5.41) is 0. The van der Waals surface area contributed by atoms with Gasteiger partial charge in [0.25, 0.3) is 0 Å². The molecule has 0 radical (unpaired) electrons. The third-order valence-electron chi connectivity index (χ3n) is 6.83. The van der Waals surface area contributed by atoms with Crippen molar-refractivity contribution in [1.82, 2.24) is 0 Å². The first-order valence-electron chi connectivity index (χ1n) is 13.6. The largest absolute Gasteiger partial charge is 0.744 e. The fourth-order valence-electron chi connectivity index (χ4n) is 4.47. The molecule has 0 saturated carbocycles. The van der Waals surface area contributed by atoms with E-state index in [0.29, 0.717) is 39.4 Å². The Morgan fingerprint density at radius 2 is 0.935 bits per heavy atom. The molecule has 10 nitrogen and oxygen atoms in total. The fraction of sp³-hybridized carbons (Fsp3) is 0.0588. The molecule has 0 atom stereocenters. The van der Waals surface area contributed by atoms with Crippen LogP contribution in [0.3, 0.4) is 0 Å². The van der Waals surface area contributed by atoms with Crippen LogP contribution < -0.4 is 9.47 Å². The summed E-state index contributed by atoms with van der Waals surface area (Å²) >= 11 is 0. The van der Waals surface area contributed by atoms with E-state index in [1.54, 1.807) is 109 Å². The Labute approximate surface area is 265 Å². The van der Waals surface area contributed by atoms with Crippen molar-refractivity contribution in [2.75, 3.05) is 0 Å². The van der Waals surface area contributed by atoms with Gasteiger partial charge in [-0.15, -0.1) is 0 Å². The standard InChI is InChI=1S/C34H26O10S2/c35-32(25-7-3-1-4-8-25)27-15-11-23(12-16-27)21-43-30-19-29(45(37,38)39)20-31(46(40,41)42)34(30)44-22-24-13-17-28(18-14-24)33(36)26-9-5-2-6-10-26/h1-20H,21-22H2,(H,37,38,39)(H,40,41,42)/p-2. The van der Waals surface area contributed by atoms with Crippen LogP contribution in [0.25, 0.3) is 0 Å². The van der Waals surface area contributed by atoms with Crippen LogP contribution in [0, 0.1) is 0 Å². The number of carbonyl (C=O) groups is 2. The van der Waals surface area contributed by atoms with E-state index in [4.69, 9.17) is 9.47 Å². The van der Waals surface area contributed by atoms with Gasteiger partial charge in [-0.1, -0.05) is 109 Å². The molecule has 0 bridgehead atoms. The number of carbonyl (C=O) groups excluding carboxylic acids is 2. The molecule has 46 heavy (non-hydrogen) atoms. The number of rotatable bonds is 12. The molecular formula is C34H24O10S2-2. The van der Waals surface area contributed by atoms with E-state index in [-0.39, 0.29) is 24.8 Å². The second-order valence-corrected chi connectivity index (χ2v) is 12.7. The van der Waals surface area contributed by atoms with Gasteiger partial charge in [-0.2, -0.15) is 0 Å². The highest BCUT2D eigenvalue weighted by Crippen LogP contribution is 2.38. The van der Waals surface area contributed by atoms with Crippen molar-refractivity contribution < 1.29 is 45.0 Å². The van der Waals surface area contributed by atoms with Gasteiger partial charge in [0.15, 0.2) is 23.1 Å². The molecule has 0 aliphatic rings.